The van der Waals surface area contributed by atoms with Crippen LogP contribution in [-0.4, -0.2) is 172 Å². The SMILES string of the molecule is CO[C@@H](C)c1c(C(=O)O)cnc2sc(C)nc12.CO[C@@H](C)c1c(CC(=O)Cc2cnc(-n3cnnn3)c(C(F)(F)F)c2)cnc2sc(C)nc12.CO[C@@H](C)c1c(N)cnc2sc(C)nc12.CO[C@@H](C)c1c(NC(=O)OC(C)(C)C)cnc2sc(C)nc12.Nc1cnc(-n2cnnn2)c(C(F)(F)F)c1.O=CC(F)(F)F.[2H]P([At])P(O)CCCC. The van der Waals surface area contributed by atoms with Crippen molar-refractivity contribution in [1.29, 1.82) is 1.28 Å². The molecule has 1 amide bonds. The Kier molecular flexibility index (Phi) is 35.7. The Labute approximate surface area is 697 Å². The van der Waals surface area contributed by atoms with Gasteiger partial charge in [-0.25, -0.2) is 59.4 Å². The van der Waals surface area contributed by atoms with E-state index >= 15 is 0 Å². The number of nitrogens with zero attached hydrogens (tertiary/aromatic N) is 18. The van der Waals surface area contributed by atoms with Crippen LogP contribution in [0, 0.1) is 51.8 Å². The van der Waals surface area contributed by atoms with Gasteiger partial charge in [0.25, 0.3) is 0 Å². The first-order valence-corrected chi connectivity index (χ1v) is 44.4. The van der Waals surface area contributed by atoms with E-state index in [1.807, 2.05) is 69.2 Å². The number of carbonyl (C=O) groups excluding carboxylic acids is 3. The number of thiazole rings is 4. The van der Waals surface area contributed by atoms with Gasteiger partial charge in [-0.15, -0.1) is 10.2 Å². The summed E-state index contributed by atoms with van der Waals surface area (Å²) in [5.74, 6) is -2.18. The van der Waals surface area contributed by atoms with Gasteiger partial charge in [0.15, 0.2) is 11.6 Å². The molecule has 2 unspecified atom stereocenters. The van der Waals surface area contributed by atoms with Crippen LogP contribution >= 0.6 is 58.7 Å². The number of nitrogens with two attached hydrogens (primary N) is 2. The first-order chi connectivity index (χ1) is 55.3. The van der Waals surface area contributed by atoms with Crippen molar-refractivity contribution in [3.8, 4) is 11.6 Å². The van der Waals surface area contributed by atoms with Gasteiger partial charge in [-0.3, -0.25) is 14.9 Å². The van der Waals surface area contributed by atoms with E-state index in [9.17, 15) is 58.8 Å². The number of alkyl halides is 9. The van der Waals surface area contributed by atoms with E-state index in [-0.39, 0.29) is 59.9 Å². The fraction of sp³-hybridized carbons (Fsp3) is 0.420. The predicted octanol–water partition coefficient (Wildman–Crippen LogP) is 15.8. The maximum absolute atomic E-state index is 13.6. The third-order valence-electron chi connectivity index (χ3n) is 15.6. The number of aromatic carboxylic acids is 1. The molecular weight excluding hydrogens is 1870 g/mol. The summed E-state index contributed by atoms with van der Waals surface area (Å²) in [6.07, 6.45) is -2.98. The van der Waals surface area contributed by atoms with Crippen LogP contribution in [0.4, 0.5) is 61.4 Å². The quantitative estimate of drug-likeness (QED) is 0.0269. The number of unbranched alkanes of at least 4 members (excludes halogenated alkanes) is 1. The number of aryl methyl sites for hydroxylation is 4. The molecular formula is C69H81AtF9N21O11P2S4. The van der Waals surface area contributed by atoms with E-state index in [0.29, 0.717) is 33.5 Å². The van der Waals surface area contributed by atoms with Crippen molar-refractivity contribution in [1.82, 2.24) is 90.3 Å². The van der Waals surface area contributed by atoms with Crippen LogP contribution in [0.15, 0.2) is 62.0 Å². The number of hydrogen-bond donors (Lipinski definition) is 5. The number of carboxylic acids is 1. The number of methoxy groups -OCH3 is 4. The third-order valence-corrected chi connectivity index (χ3v) is 27.2. The van der Waals surface area contributed by atoms with Crippen molar-refractivity contribution in [3.63, 3.8) is 0 Å². The summed E-state index contributed by atoms with van der Waals surface area (Å²) in [6, 6.07) is 1.68. The number of carboxylic acid groups (broad SMARTS) is 1. The molecule has 48 heteroatoms. The molecule has 632 valence electrons. The van der Waals surface area contributed by atoms with Crippen LogP contribution in [0.1, 0.15) is 168 Å². The van der Waals surface area contributed by atoms with Crippen LogP contribution in [-0.2, 0) is 58.5 Å². The molecule has 117 heavy (non-hydrogen) atoms. The number of aromatic nitrogens is 18. The summed E-state index contributed by atoms with van der Waals surface area (Å²) < 4.78 is 146. The second kappa shape index (κ2) is 43.8. The number of halogens is 9. The Hall–Kier alpha value is -8.81. The average Bonchev–Trinajstić information content (AvgIpc) is 1.56. The van der Waals surface area contributed by atoms with Crippen molar-refractivity contribution in [3.05, 3.63) is 132 Å². The van der Waals surface area contributed by atoms with E-state index < -0.39 is 78.6 Å². The molecule has 0 aliphatic heterocycles. The Morgan fingerprint density at radius 1 is 0.624 bits per heavy atom. The number of ether oxygens (including phenoxy) is 5. The van der Waals surface area contributed by atoms with Crippen LogP contribution < -0.4 is 16.8 Å². The molecule has 0 bridgehead atoms. The van der Waals surface area contributed by atoms with Gasteiger partial charge >= 0.3 is 100 Å². The fourth-order valence-corrected chi connectivity index (χ4v) is 17.3. The molecule has 12 aromatic heterocycles. The summed E-state index contributed by atoms with van der Waals surface area (Å²) in [6.45, 7) is 22.7. The molecule has 0 saturated heterocycles. The van der Waals surface area contributed by atoms with Gasteiger partial charge in [0.1, 0.15) is 76.6 Å². The molecule has 0 fully saturated rings. The van der Waals surface area contributed by atoms with E-state index in [2.05, 4.69) is 93.1 Å². The van der Waals surface area contributed by atoms with Crippen molar-refractivity contribution >= 4 is 141 Å². The van der Waals surface area contributed by atoms with E-state index in [1.54, 1.807) is 65.3 Å². The predicted molar refractivity (Wildman–Crippen MR) is 422 cm³/mol. The number of pyridine rings is 6. The number of amides is 1. The van der Waals surface area contributed by atoms with Crippen molar-refractivity contribution < 1.29 is 117 Å². The molecule has 7 N–H and O–H groups in total. The molecule has 0 aliphatic carbocycles. The van der Waals surface area contributed by atoms with Gasteiger partial charge in [0.2, 0.25) is 6.29 Å². The van der Waals surface area contributed by atoms with E-state index in [1.165, 1.54) is 70.5 Å². The van der Waals surface area contributed by atoms with Crippen molar-refractivity contribution in [2.75, 3.05) is 51.4 Å². The minimum atomic E-state index is -4.70. The van der Waals surface area contributed by atoms with Crippen molar-refractivity contribution in [2.45, 2.75) is 157 Å². The number of aldehydes is 1. The van der Waals surface area contributed by atoms with Crippen molar-refractivity contribution in [2.24, 2.45) is 0 Å². The molecule has 0 spiro atoms. The van der Waals surface area contributed by atoms with Gasteiger partial charge in [-0.1, -0.05) is 45.3 Å². The fourth-order valence-electron chi connectivity index (χ4n) is 10.3. The van der Waals surface area contributed by atoms with Crippen LogP contribution in [0.5, 0.6) is 0 Å². The zero-order chi connectivity index (χ0) is 88.1. The molecule has 12 heterocycles. The molecule has 6 atom stereocenters. The van der Waals surface area contributed by atoms with Gasteiger partial charge in [-0.2, -0.15) is 48.9 Å². The topological polar surface area (TPSA) is 435 Å². The summed E-state index contributed by atoms with van der Waals surface area (Å²) in [4.78, 5) is 99.5. The zero-order valence-corrected chi connectivity index (χ0v) is 73.3. The number of nitrogen functional groups attached to an aromatic ring is 2. The van der Waals surface area contributed by atoms with Crippen LogP contribution in [0.2, 0.25) is 0 Å². The summed E-state index contributed by atoms with van der Waals surface area (Å²) in [7, 11) is 5.49. The summed E-state index contributed by atoms with van der Waals surface area (Å²) in [5, 5.41) is 35.5. The standard InChI is InChI=1S/C20H18F3N7O2S.C15H21N3O3S.C11H12N2O3S.C10H13N3OS.C7H5F3N6.C4H11AtOP2.C2HF3O/c1-10(32-3)16-13(8-25-19-17(16)27-11(2)33-19)6-14(31)4-12-5-15(20(21,22)23)18(24-7-12)30-9-26-28-29-30;1-8(20-6)11-10(18-14(19)21-15(3,4)5)7-16-13-12(11)17-9(2)22-13;1-5(16-3)8-7(11(14)15)4-12-10-9(8)13-6(2)17-10;1-5(14-3)8-7(11)4-12-10-9(8)13-6(2)15-10;8-7(9,10)5-1-4(11)2-12-6(5)16-3-13-14-15-16;1-2-3-4-8(6)7-5;3-2(4,5)1-6/h5,7-10H,4,6H2,1-3H3;7-8H,1-6H3,(H,18,19);4-5H,1-3H3,(H,14,15);4-5H,11H2,1-3H3;1-3H,11H2;6-7H,2-4H2,1H3;1H/t10-;8-;2*5-;;;/m0000.../s1/i;;;;;7D;. The third kappa shape index (κ3) is 28.2. The average molecular weight is 1950 g/mol. The Morgan fingerprint density at radius 2 is 1.04 bits per heavy atom. The van der Waals surface area contributed by atoms with E-state index in [0.717, 1.165) is 126 Å². The molecule has 0 saturated carbocycles. The van der Waals surface area contributed by atoms with Crippen LogP contribution in [0.3, 0.4) is 0 Å². The first kappa shape index (κ1) is 95.3. The number of Topliss-reactive ketones (excluding diaryl/α,β-unsaturated/α-hetero) is 1. The van der Waals surface area contributed by atoms with Gasteiger partial charge in [0, 0.05) is 82.1 Å². The van der Waals surface area contributed by atoms with E-state index in [4.69, 9.17) is 46.3 Å². The first-order valence-electron chi connectivity index (χ1n) is 34.7. The second-order valence-electron chi connectivity index (χ2n) is 25.4. The monoisotopic (exact) mass is 1950 g/mol. The maximum atomic E-state index is 13.6. The van der Waals surface area contributed by atoms with Crippen LogP contribution in [0.25, 0.3) is 53.0 Å². The second-order valence-corrected chi connectivity index (χ2v) is 38.6. The molecule has 32 nitrogen and oxygen atoms in total. The summed E-state index contributed by atoms with van der Waals surface area (Å²) >= 11 is 7.40. The number of tetrazole rings is 2. The summed E-state index contributed by atoms with van der Waals surface area (Å²) in [5.41, 5.74) is 15.9. The number of anilines is 3. The number of carbonyl (C=O) groups is 4. The number of fused-ring (bicyclic) bond motifs is 4. The number of rotatable bonds is 20. The molecule has 0 radical (unpaired) electrons. The zero-order valence-electron chi connectivity index (χ0n) is 66.3. The van der Waals surface area contributed by atoms with Gasteiger partial charge in [0.05, 0.1) is 85.7 Å². The number of ketones is 1. The minimum absolute atomic E-state index is 0.0291. The molecule has 12 rings (SSSR count). The molecule has 0 aromatic carbocycles. The normalized spacial score (nSPS) is 13.2. The molecule has 12 aromatic rings. The van der Waals surface area contributed by atoms with Gasteiger partial charge in [-0.05, 0) is 120 Å². The number of hydrogen-bond acceptors (Lipinski definition) is 32. The Balaban J connectivity index is 0.000000225. The van der Waals surface area contributed by atoms with Gasteiger partial charge < -0.3 is 40.3 Å². The molecule has 0 aliphatic rings. The Morgan fingerprint density at radius 3 is 1.48 bits per heavy atom. The Bertz CT molecular complexity index is 5340. The number of nitrogens with one attached hydrogen (secondary N) is 1.